The summed E-state index contributed by atoms with van der Waals surface area (Å²) < 4.78 is 0. The van der Waals surface area contributed by atoms with Crippen LogP contribution in [0.15, 0.2) is 24.3 Å². The van der Waals surface area contributed by atoms with Crippen LogP contribution in [0.4, 0.5) is 0 Å². The van der Waals surface area contributed by atoms with Gasteiger partial charge in [-0.1, -0.05) is 36.7 Å². The summed E-state index contributed by atoms with van der Waals surface area (Å²) in [4.78, 5) is 11.4. The largest absolute Gasteiger partial charge is 0.298 e. The monoisotopic (exact) mass is 242 g/mol. The second-order valence-corrected chi connectivity index (χ2v) is 5.10. The molecule has 1 rings (SSSR count). The summed E-state index contributed by atoms with van der Waals surface area (Å²) in [5, 5.41) is 0.840. The predicted molar refractivity (Wildman–Crippen MR) is 67.5 cm³/mol. The van der Waals surface area contributed by atoms with Crippen LogP contribution in [-0.2, 0) is 10.5 Å². The number of ketones is 1. The first-order valence-electron chi connectivity index (χ1n) is 5.03. The van der Waals surface area contributed by atoms with Crippen molar-refractivity contribution in [3.63, 3.8) is 0 Å². The van der Waals surface area contributed by atoms with Crippen LogP contribution in [0.25, 0.3) is 0 Å². The Morgan fingerprint density at radius 3 is 2.73 bits per heavy atom. The van der Waals surface area contributed by atoms with Crippen molar-refractivity contribution in [1.29, 1.82) is 0 Å². The highest BCUT2D eigenvalue weighted by Crippen LogP contribution is 2.24. The van der Waals surface area contributed by atoms with E-state index in [-0.39, 0.29) is 5.25 Å². The van der Waals surface area contributed by atoms with Gasteiger partial charge in [-0.25, -0.2) is 0 Å². The van der Waals surface area contributed by atoms with Crippen LogP contribution in [-0.4, -0.2) is 11.0 Å². The SMILES string of the molecule is CCC(=O)C(C)SCc1ccccc1Cl. The molecule has 0 bridgehead atoms. The molecule has 1 aromatic rings. The molecule has 0 amide bonds. The molecule has 1 unspecified atom stereocenters. The minimum Gasteiger partial charge on any atom is -0.298 e. The molecule has 1 aromatic carbocycles. The van der Waals surface area contributed by atoms with E-state index < -0.39 is 0 Å². The van der Waals surface area contributed by atoms with Gasteiger partial charge in [0.15, 0.2) is 0 Å². The normalized spacial score (nSPS) is 12.5. The van der Waals surface area contributed by atoms with Gasteiger partial charge in [0.05, 0.1) is 5.25 Å². The quantitative estimate of drug-likeness (QED) is 0.778. The fourth-order valence-electron chi connectivity index (χ4n) is 1.21. The number of hydrogen-bond acceptors (Lipinski definition) is 2. The smallest absolute Gasteiger partial charge is 0.145 e. The van der Waals surface area contributed by atoms with Crippen LogP contribution < -0.4 is 0 Å². The highest BCUT2D eigenvalue weighted by Gasteiger charge is 2.11. The molecule has 0 N–H and O–H groups in total. The van der Waals surface area contributed by atoms with Gasteiger partial charge >= 0.3 is 0 Å². The van der Waals surface area contributed by atoms with Gasteiger partial charge in [0.1, 0.15) is 5.78 Å². The Bertz CT molecular complexity index is 338. The van der Waals surface area contributed by atoms with Crippen molar-refractivity contribution in [2.45, 2.75) is 31.3 Å². The molecule has 0 aliphatic carbocycles. The number of rotatable bonds is 5. The zero-order valence-electron chi connectivity index (χ0n) is 9.00. The minimum atomic E-state index is 0.0614. The van der Waals surface area contributed by atoms with Crippen LogP contribution >= 0.6 is 23.4 Å². The first kappa shape index (κ1) is 12.6. The Labute approximate surface area is 100 Å². The molecule has 0 heterocycles. The summed E-state index contributed by atoms with van der Waals surface area (Å²) in [7, 11) is 0. The highest BCUT2D eigenvalue weighted by atomic mass is 35.5. The minimum absolute atomic E-state index is 0.0614. The molecule has 15 heavy (non-hydrogen) atoms. The van der Waals surface area contributed by atoms with E-state index in [0.29, 0.717) is 12.2 Å². The van der Waals surface area contributed by atoms with E-state index in [2.05, 4.69) is 0 Å². The molecular weight excluding hydrogens is 228 g/mol. The van der Waals surface area contributed by atoms with Gasteiger partial charge in [-0.15, -0.1) is 11.8 Å². The topological polar surface area (TPSA) is 17.1 Å². The highest BCUT2D eigenvalue weighted by molar-refractivity contribution is 7.99. The maximum atomic E-state index is 11.4. The van der Waals surface area contributed by atoms with Gasteiger partial charge in [0.25, 0.3) is 0 Å². The fraction of sp³-hybridized carbons (Fsp3) is 0.417. The predicted octanol–water partition coefficient (Wildman–Crippen LogP) is 3.94. The van der Waals surface area contributed by atoms with Crippen molar-refractivity contribution < 1.29 is 4.79 Å². The lowest BCUT2D eigenvalue weighted by Gasteiger charge is -2.09. The molecule has 3 heteroatoms. The number of Topliss-reactive ketones (excluding diaryl/α,β-unsaturated/α-hetero) is 1. The van der Waals surface area contributed by atoms with Gasteiger partial charge in [0.2, 0.25) is 0 Å². The molecule has 0 radical (unpaired) electrons. The lowest BCUT2D eigenvalue weighted by molar-refractivity contribution is -0.117. The van der Waals surface area contributed by atoms with E-state index in [4.69, 9.17) is 11.6 Å². The lowest BCUT2D eigenvalue weighted by Crippen LogP contribution is -2.11. The molecule has 1 atom stereocenters. The fourth-order valence-corrected chi connectivity index (χ4v) is 2.53. The average molecular weight is 243 g/mol. The van der Waals surface area contributed by atoms with Crippen molar-refractivity contribution >= 4 is 29.1 Å². The van der Waals surface area contributed by atoms with Crippen molar-refractivity contribution in [2.24, 2.45) is 0 Å². The third-order valence-corrected chi connectivity index (χ3v) is 3.86. The Kier molecular flexibility index (Phi) is 5.20. The van der Waals surface area contributed by atoms with Gasteiger partial charge in [-0.2, -0.15) is 0 Å². The molecule has 0 fully saturated rings. The molecule has 1 nitrogen and oxygen atoms in total. The van der Waals surface area contributed by atoms with Crippen LogP contribution in [0.1, 0.15) is 25.8 Å². The van der Waals surface area contributed by atoms with E-state index in [1.165, 1.54) is 0 Å². The maximum Gasteiger partial charge on any atom is 0.145 e. The van der Waals surface area contributed by atoms with Gasteiger partial charge < -0.3 is 0 Å². The molecule has 82 valence electrons. The van der Waals surface area contributed by atoms with Gasteiger partial charge in [-0.3, -0.25) is 4.79 Å². The molecule has 0 aliphatic heterocycles. The van der Waals surface area contributed by atoms with Crippen LogP contribution in [0.5, 0.6) is 0 Å². The molecule has 0 saturated carbocycles. The standard InChI is InChI=1S/C12H15ClOS/c1-3-12(14)9(2)15-8-10-6-4-5-7-11(10)13/h4-7,9H,3,8H2,1-2H3. The van der Waals surface area contributed by atoms with E-state index in [9.17, 15) is 4.79 Å². The van der Waals surface area contributed by atoms with Crippen molar-refractivity contribution in [3.05, 3.63) is 34.9 Å². The Hall–Kier alpha value is -0.470. The number of hydrogen-bond donors (Lipinski definition) is 0. The number of halogens is 1. The van der Waals surface area contributed by atoms with Crippen LogP contribution in [0.2, 0.25) is 5.02 Å². The summed E-state index contributed by atoms with van der Waals surface area (Å²) in [6.45, 7) is 3.85. The third-order valence-electron chi connectivity index (χ3n) is 2.25. The average Bonchev–Trinajstić information content (AvgIpc) is 2.26. The van der Waals surface area contributed by atoms with Crippen LogP contribution in [0, 0.1) is 0 Å². The van der Waals surface area contributed by atoms with E-state index >= 15 is 0 Å². The van der Waals surface area contributed by atoms with Crippen molar-refractivity contribution in [2.75, 3.05) is 0 Å². The zero-order valence-corrected chi connectivity index (χ0v) is 10.6. The molecular formula is C12H15ClOS. The summed E-state index contributed by atoms with van der Waals surface area (Å²) in [5.74, 6) is 1.10. The molecule has 0 aliphatic rings. The third kappa shape index (κ3) is 3.88. The molecule has 0 saturated heterocycles. The van der Waals surface area contributed by atoms with E-state index in [1.807, 2.05) is 38.1 Å². The Balaban J connectivity index is 2.50. The number of carbonyl (C=O) groups excluding carboxylic acids is 1. The number of benzene rings is 1. The number of carbonyl (C=O) groups is 1. The maximum absolute atomic E-state index is 11.4. The van der Waals surface area contributed by atoms with Crippen molar-refractivity contribution in [3.8, 4) is 0 Å². The lowest BCUT2D eigenvalue weighted by atomic mass is 10.2. The summed E-state index contributed by atoms with van der Waals surface area (Å²) in [5.41, 5.74) is 1.10. The summed E-state index contributed by atoms with van der Waals surface area (Å²) in [6, 6.07) is 7.76. The van der Waals surface area contributed by atoms with Crippen molar-refractivity contribution in [1.82, 2.24) is 0 Å². The number of thioether (sulfide) groups is 1. The Morgan fingerprint density at radius 2 is 2.13 bits per heavy atom. The summed E-state index contributed by atoms with van der Waals surface area (Å²) in [6.07, 6.45) is 0.608. The molecule has 0 aromatic heterocycles. The first-order chi connectivity index (χ1) is 7.15. The summed E-state index contributed by atoms with van der Waals surface area (Å²) >= 11 is 7.67. The second kappa shape index (κ2) is 6.19. The van der Waals surface area contributed by atoms with Gasteiger partial charge in [-0.05, 0) is 18.6 Å². The van der Waals surface area contributed by atoms with Crippen LogP contribution in [0.3, 0.4) is 0 Å². The Morgan fingerprint density at radius 1 is 1.47 bits per heavy atom. The van der Waals surface area contributed by atoms with E-state index in [0.717, 1.165) is 16.3 Å². The van der Waals surface area contributed by atoms with E-state index in [1.54, 1.807) is 11.8 Å². The molecule has 0 spiro atoms. The first-order valence-corrected chi connectivity index (χ1v) is 6.45. The van der Waals surface area contributed by atoms with Gasteiger partial charge in [0, 0.05) is 17.2 Å². The second-order valence-electron chi connectivity index (χ2n) is 3.36. The zero-order chi connectivity index (χ0) is 11.3.